The molecule has 0 aromatic heterocycles. The van der Waals surface area contributed by atoms with Crippen LogP contribution in [0.25, 0.3) is 0 Å². The van der Waals surface area contributed by atoms with Gasteiger partial charge in [0.25, 0.3) is 0 Å². The zero-order valence-corrected chi connectivity index (χ0v) is 16.8. The third kappa shape index (κ3) is 4.22. The Morgan fingerprint density at radius 1 is 1.22 bits per heavy atom. The number of hydrogen-bond donors (Lipinski definition) is 2. The van der Waals surface area contributed by atoms with Crippen LogP contribution in [0.5, 0.6) is 5.75 Å². The molecule has 27 heavy (non-hydrogen) atoms. The molecular formula is C21H24N2O3S. The molecule has 142 valence electrons. The zero-order valence-electron chi connectivity index (χ0n) is 16.0. The van der Waals surface area contributed by atoms with Crippen LogP contribution in [0.15, 0.2) is 42.5 Å². The highest BCUT2D eigenvalue weighted by Gasteiger charge is 2.33. The second kappa shape index (κ2) is 7.56. The van der Waals surface area contributed by atoms with Crippen LogP contribution in [0, 0.1) is 6.92 Å². The summed E-state index contributed by atoms with van der Waals surface area (Å²) < 4.78 is 10.9. The SMILES string of the molecule is COC(=O)c1cccc(NC(=S)N[C@H]2CC(C)(C)Oc3ccccc32)c1C. The van der Waals surface area contributed by atoms with Crippen molar-refractivity contribution in [2.45, 2.75) is 38.8 Å². The molecule has 0 radical (unpaired) electrons. The highest BCUT2D eigenvalue weighted by Crippen LogP contribution is 2.39. The van der Waals surface area contributed by atoms with E-state index in [-0.39, 0.29) is 17.6 Å². The van der Waals surface area contributed by atoms with Gasteiger partial charge < -0.3 is 20.1 Å². The molecule has 2 aromatic carbocycles. The van der Waals surface area contributed by atoms with Gasteiger partial charge in [-0.15, -0.1) is 0 Å². The maximum Gasteiger partial charge on any atom is 0.338 e. The summed E-state index contributed by atoms with van der Waals surface area (Å²) in [5, 5.41) is 7.10. The molecule has 1 heterocycles. The summed E-state index contributed by atoms with van der Waals surface area (Å²) in [5.74, 6) is 0.507. The van der Waals surface area contributed by atoms with Gasteiger partial charge in [-0.05, 0) is 56.8 Å². The highest BCUT2D eigenvalue weighted by molar-refractivity contribution is 7.80. The number of nitrogens with one attached hydrogen (secondary N) is 2. The molecule has 1 aliphatic rings. The summed E-state index contributed by atoms with van der Waals surface area (Å²) in [7, 11) is 1.37. The van der Waals surface area contributed by atoms with E-state index in [2.05, 4.69) is 24.5 Å². The van der Waals surface area contributed by atoms with E-state index in [0.29, 0.717) is 10.7 Å². The molecule has 2 N–H and O–H groups in total. The van der Waals surface area contributed by atoms with Crippen LogP contribution in [-0.2, 0) is 4.74 Å². The first kappa shape index (κ1) is 19.2. The predicted octanol–water partition coefficient (Wildman–Crippen LogP) is 4.37. The summed E-state index contributed by atoms with van der Waals surface area (Å²) >= 11 is 5.54. The number of hydrogen-bond acceptors (Lipinski definition) is 4. The van der Waals surface area contributed by atoms with Gasteiger partial charge in [-0.2, -0.15) is 0 Å². The number of anilines is 1. The van der Waals surface area contributed by atoms with Crippen LogP contribution in [0.3, 0.4) is 0 Å². The number of carbonyl (C=O) groups excluding carboxylic acids is 1. The molecule has 5 nitrogen and oxygen atoms in total. The molecule has 2 aromatic rings. The largest absolute Gasteiger partial charge is 0.487 e. The lowest BCUT2D eigenvalue weighted by Gasteiger charge is -2.38. The quantitative estimate of drug-likeness (QED) is 0.605. The van der Waals surface area contributed by atoms with Crippen molar-refractivity contribution in [1.82, 2.24) is 5.32 Å². The van der Waals surface area contributed by atoms with Crippen molar-refractivity contribution >= 4 is 29.0 Å². The number of benzene rings is 2. The third-order valence-electron chi connectivity index (χ3n) is 4.67. The van der Waals surface area contributed by atoms with Gasteiger partial charge in [0.1, 0.15) is 11.4 Å². The van der Waals surface area contributed by atoms with E-state index in [4.69, 9.17) is 21.7 Å². The Morgan fingerprint density at radius 3 is 2.70 bits per heavy atom. The minimum atomic E-state index is -0.366. The lowest BCUT2D eigenvalue weighted by Crippen LogP contribution is -2.42. The van der Waals surface area contributed by atoms with E-state index in [9.17, 15) is 4.79 Å². The van der Waals surface area contributed by atoms with E-state index >= 15 is 0 Å². The van der Waals surface area contributed by atoms with Crippen molar-refractivity contribution in [3.63, 3.8) is 0 Å². The normalized spacial score (nSPS) is 17.3. The number of fused-ring (bicyclic) bond motifs is 1. The van der Waals surface area contributed by atoms with Crippen LogP contribution in [-0.4, -0.2) is 23.8 Å². The first-order valence-corrected chi connectivity index (χ1v) is 9.25. The number of carbonyl (C=O) groups is 1. The summed E-state index contributed by atoms with van der Waals surface area (Å²) in [5.41, 5.74) is 2.88. The maximum atomic E-state index is 11.9. The van der Waals surface area contributed by atoms with Gasteiger partial charge in [0.15, 0.2) is 5.11 Å². The Labute approximate surface area is 165 Å². The van der Waals surface area contributed by atoms with Crippen molar-refractivity contribution < 1.29 is 14.3 Å². The molecule has 1 atom stereocenters. The second-order valence-corrected chi connectivity index (χ2v) is 7.63. The van der Waals surface area contributed by atoms with E-state index in [1.54, 1.807) is 12.1 Å². The standard InChI is InChI=1S/C21H24N2O3S/c1-13-14(19(24)25-4)9-7-10-16(13)22-20(27)23-17-12-21(2,3)26-18-11-6-5-8-15(17)18/h5-11,17H,12H2,1-4H3,(H2,22,23,27)/t17-/m0/s1. The van der Waals surface area contributed by atoms with Crippen molar-refractivity contribution in [3.8, 4) is 5.75 Å². The molecule has 0 spiro atoms. The molecule has 3 rings (SSSR count). The summed E-state index contributed by atoms with van der Waals surface area (Å²) in [6.07, 6.45) is 0.785. The van der Waals surface area contributed by atoms with Crippen LogP contribution in [0.2, 0.25) is 0 Å². The van der Waals surface area contributed by atoms with Gasteiger partial charge in [-0.1, -0.05) is 24.3 Å². The smallest absolute Gasteiger partial charge is 0.338 e. The monoisotopic (exact) mass is 384 g/mol. The van der Waals surface area contributed by atoms with Gasteiger partial charge in [0.05, 0.1) is 18.7 Å². The molecule has 1 aliphatic heterocycles. The van der Waals surface area contributed by atoms with E-state index < -0.39 is 0 Å². The molecule has 0 amide bonds. The molecule has 6 heteroatoms. The minimum absolute atomic E-state index is 0.0362. The zero-order chi connectivity index (χ0) is 19.6. The average Bonchev–Trinajstić information content (AvgIpc) is 2.62. The van der Waals surface area contributed by atoms with Gasteiger partial charge in [-0.25, -0.2) is 4.79 Å². The molecule has 0 saturated carbocycles. The number of para-hydroxylation sites is 1. The molecule has 0 aliphatic carbocycles. The van der Waals surface area contributed by atoms with Crippen molar-refractivity contribution in [2.24, 2.45) is 0 Å². The topological polar surface area (TPSA) is 59.6 Å². The molecular weight excluding hydrogens is 360 g/mol. The Morgan fingerprint density at radius 2 is 1.96 bits per heavy atom. The number of rotatable bonds is 3. The van der Waals surface area contributed by atoms with Crippen LogP contribution < -0.4 is 15.4 Å². The van der Waals surface area contributed by atoms with E-state index in [0.717, 1.165) is 29.0 Å². The number of thiocarbonyl (C=S) groups is 1. The number of ether oxygens (including phenoxy) is 2. The molecule has 0 saturated heterocycles. The fourth-order valence-electron chi connectivity index (χ4n) is 3.35. The first-order chi connectivity index (χ1) is 12.8. The predicted molar refractivity (Wildman–Crippen MR) is 110 cm³/mol. The van der Waals surface area contributed by atoms with E-state index in [1.165, 1.54) is 7.11 Å². The highest BCUT2D eigenvalue weighted by atomic mass is 32.1. The lowest BCUT2D eigenvalue weighted by atomic mass is 9.90. The average molecular weight is 385 g/mol. The summed E-state index contributed by atoms with van der Waals surface area (Å²) in [6.45, 7) is 6.00. The maximum absolute atomic E-state index is 11.9. The summed E-state index contributed by atoms with van der Waals surface area (Å²) in [6, 6.07) is 13.5. The Balaban J connectivity index is 1.78. The fraction of sp³-hybridized carbons (Fsp3) is 0.333. The van der Waals surface area contributed by atoms with Gasteiger partial charge in [0.2, 0.25) is 0 Å². The Kier molecular flexibility index (Phi) is 5.37. The fourth-order valence-corrected chi connectivity index (χ4v) is 3.60. The first-order valence-electron chi connectivity index (χ1n) is 8.84. The summed E-state index contributed by atoms with van der Waals surface area (Å²) in [4.78, 5) is 11.9. The molecule has 0 unspecified atom stereocenters. The molecule has 0 fully saturated rings. The van der Waals surface area contributed by atoms with Crippen molar-refractivity contribution in [3.05, 3.63) is 59.2 Å². The van der Waals surface area contributed by atoms with Crippen molar-refractivity contribution in [2.75, 3.05) is 12.4 Å². The Bertz CT molecular complexity index is 879. The van der Waals surface area contributed by atoms with Crippen LogP contribution in [0.4, 0.5) is 5.69 Å². The van der Waals surface area contributed by atoms with Crippen LogP contribution >= 0.6 is 12.2 Å². The molecule has 0 bridgehead atoms. The van der Waals surface area contributed by atoms with Gasteiger partial charge in [-0.3, -0.25) is 0 Å². The third-order valence-corrected chi connectivity index (χ3v) is 4.89. The second-order valence-electron chi connectivity index (χ2n) is 7.22. The Hall–Kier alpha value is -2.60. The number of methoxy groups -OCH3 is 1. The van der Waals surface area contributed by atoms with Crippen LogP contribution in [0.1, 0.15) is 47.8 Å². The van der Waals surface area contributed by atoms with Gasteiger partial charge in [0, 0.05) is 17.7 Å². The van der Waals surface area contributed by atoms with E-state index in [1.807, 2.05) is 37.3 Å². The number of esters is 1. The van der Waals surface area contributed by atoms with Crippen molar-refractivity contribution in [1.29, 1.82) is 0 Å². The lowest BCUT2D eigenvalue weighted by molar-refractivity contribution is 0.0599. The van der Waals surface area contributed by atoms with Gasteiger partial charge >= 0.3 is 5.97 Å². The minimum Gasteiger partial charge on any atom is -0.487 e.